The fourth-order valence-electron chi connectivity index (χ4n) is 2.98. The normalized spacial score (nSPS) is 20.0. The van der Waals surface area contributed by atoms with Gasteiger partial charge in [-0.15, -0.1) is 0 Å². The van der Waals surface area contributed by atoms with E-state index >= 15 is 0 Å². The van der Waals surface area contributed by atoms with Crippen LogP contribution < -0.4 is 5.32 Å². The molecule has 1 aromatic carbocycles. The van der Waals surface area contributed by atoms with Gasteiger partial charge in [-0.1, -0.05) is 19.1 Å². The predicted molar refractivity (Wildman–Crippen MR) is 94.6 cm³/mol. The molecule has 1 heterocycles. The number of nitrogens with zero attached hydrogens (tertiary/aromatic N) is 2. The Kier molecular flexibility index (Phi) is 6.49. The highest BCUT2D eigenvalue weighted by Crippen LogP contribution is 2.17. The lowest BCUT2D eigenvalue weighted by atomic mass is 9.99. The molecule has 2 rings (SSSR count). The second-order valence-electron chi connectivity index (χ2n) is 6.52. The summed E-state index contributed by atoms with van der Waals surface area (Å²) < 4.78 is 0. The summed E-state index contributed by atoms with van der Waals surface area (Å²) in [4.78, 5) is 24.6. The number of hydrogen-bond donors (Lipinski definition) is 1. The molecule has 0 aromatic heterocycles. The van der Waals surface area contributed by atoms with Gasteiger partial charge in [0.05, 0.1) is 4.92 Å². The summed E-state index contributed by atoms with van der Waals surface area (Å²) in [7, 11) is 0. The lowest BCUT2D eigenvalue weighted by molar-refractivity contribution is -0.384. The van der Waals surface area contributed by atoms with Gasteiger partial charge in [-0.05, 0) is 43.9 Å². The van der Waals surface area contributed by atoms with Gasteiger partial charge in [-0.2, -0.15) is 0 Å². The van der Waals surface area contributed by atoms with Crippen molar-refractivity contribution in [2.75, 3.05) is 19.6 Å². The van der Waals surface area contributed by atoms with Gasteiger partial charge in [0.2, 0.25) is 5.91 Å². The highest BCUT2D eigenvalue weighted by Gasteiger charge is 2.20. The SMILES string of the molecule is CC1CCCN(C(C)CNC(=O)/C=C/c2cccc([N+](=O)[O-])c2)C1. The quantitative estimate of drug-likeness (QED) is 0.494. The number of non-ortho nitro benzene ring substituents is 1. The molecule has 0 spiro atoms. The average Bonchev–Trinajstić information content (AvgIpc) is 2.58. The molecular formula is C18H25N3O3. The van der Waals surface area contributed by atoms with Crippen LogP contribution in [0.4, 0.5) is 5.69 Å². The second-order valence-corrected chi connectivity index (χ2v) is 6.52. The lowest BCUT2D eigenvalue weighted by Gasteiger charge is -2.35. The number of carbonyl (C=O) groups excluding carboxylic acids is 1. The molecule has 1 aliphatic rings. The van der Waals surface area contributed by atoms with Gasteiger partial charge in [-0.3, -0.25) is 19.8 Å². The molecule has 1 saturated heterocycles. The number of hydrogen-bond acceptors (Lipinski definition) is 4. The number of piperidine rings is 1. The van der Waals surface area contributed by atoms with Crippen molar-refractivity contribution < 1.29 is 9.72 Å². The van der Waals surface area contributed by atoms with Crippen molar-refractivity contribution in [2.24, 2.45) is 5.92 Å². The molecule has 24 heavy (non-hydrogen) atoms. The molecule has 0 bridgehead atoms. The number of nitro benzene ring substituents is 1. The Hall–Kier alpha value is -2.21. The van der Waals surface area contributed by atoms with Crippen LogP contribution in [0.3, 0.4) is 0 Å². The van der Waals surface area contributed by atoms with Crippen molar-refractivity contribution in [3.05, 3.63) is 46.0 Å². The summed E-state index contributed by atoms with van der Waals surface area (Å²) in [6, 6.07) is 6.52. The van der Waals surface area contributed by atoms with E-state index in [0.717, 1.165) is 13.1 Å². The standard InChI is InChI=1S/C18H25N3O3/c1-14-5-4-10-20(13-14)15(2)12-19-18(22)9-8-16-6-3-7-17(11-16)21(23)24/h3,6-9,11,14-15H,4-5,10,12-13H2,1-2H3,(H,19,22)/b9-8+. The molecule has 2 atom stereocenters. The third-order valence-electron chi connectivity index (χ3n) is 4.39. The van der Waals surface area contributed by atoms with E-state index in [4.69, 9.17) is 0 Å². The van der Waals surface area contributed by atoms with E-state index in [9.17, 15) is 14.9 Å². The zero-order valence-corrected chi connectivity index (χ0v) is 14.3. The van der Waals surface area contributed by atoms with Crippen LogP contribution in [0.15, 0.2) is 30.3 Å². The van der Waals surface area contributed by atoms with Gasteiger partial charge in [0.1, 0.15) is 0 Å². The summed E-state index contributed by atoms with van der Waals surface area (Å²) in [5.74, 6) is 0.532. The first-order chi connectivity index (χ1) is 11.5. The molecule has 0 saturated carbocycles. The summed E-state index contributed by atoms with van der Waals surface area (Å²) in [6.45, 7) is 7.16. The molecule has 1 fully saturated rings. The smallest absolute Gasteiger partial charge is 0.270 e. The third-order valence-corrected chi connectivity index (χ3v) is 4.39. The maximum atomic E-state index is 11.9. The van der Waals surface area contributed by atoms with Crippen molar-refractivity contribution in [1.82, 2.24) is 10.2 Å². The van der Waals surface area contributed by atoms with Crippen LogP contribution in [0.1, 0.15) is 32.3 Å². The van der Waals surface area contributed by atoms with Gasteiger partial charge >= 0.3 is 0 Å². The van der Waals surface area contributed by atoms with Gasteiger partial charge < -0.3 is 5.32 Å². The van der Waals surface area contributed by atoms with Gasteiger partial charge in [-0.25, -0.2) is 0 Å². The zero-order valence-electron chi connectivity index (χ0n) is 14.3. The lowest BCUT2D eigenvalue weighted by Crippen LogP contribution is -2.46. The van der Waals surface area contributed by atoms with Crippen LogP contribution in [-0.2, 0) is 4.79 Å². The third kappa shape index (κ3) is 5.45. The number of benzene rings is 1. The molecule has 2 unspecified atom stereocenters. The minimum Gasteiger partial charge on any atom is -0.351 e. The minimum absolute atomic E-state index is 0.0189. The Morgan fingerprint density at radius 3 is 3.04 bits per heavy atom. The van der Waals surface area contributed by atoms with E-state index in [2.05, 4.69) is 24.1 Å². The summed E-state index contributed by atoms with van der Waals surface area (Å²) in [5, 5.41) is 13.6. The Balaban J connectivity index is 1.82. The van der Waals surface area contributed by atoms with Crippen molar-refractivity contribution >= 4 is 17.7 Å². The molecule has 0 aliphatic carbocycles. The molecule has 6 nitrogen and oxygen atoms in total. The molecule has 130 valence electrons. The van der Waals surface area contributed by atoms with E-state index in [-0.39, 0.29) is 11.6 Å². The number of nitro groups is 1. The zero-order chi connectivity index (χ0) is 17.5. The second kappa shape index (κ2) is 8.59. The Morgan fingerprint density at radius 1 is 1.54 bits per heavy atom. The Bertz CT molecular complexity index is 615. The Labute approximate surface area is 142 Å². The van der Waals surface area contributed by atoms with E-state index in [1.54, 1.807) is 18.2 Å². The maximum absolute atomic E-state index is 11.9. The van der Waals surface area contributed by atoms with Crippen molar-refractivity contribution in [3.63, 3.8) is 0 Å². The van der Waals surface area contributed by atoms with E-state index in [0.29, 0.717) is 24.1 Å². The molecule has 1 amide bonds. The first-order valence-electron chi connectivity index (χ1n) is 8.40. The molecule has 0 radical (unpaired) electrons. The molecule has 6 heteroatoms. The molecule has 1 N–H and O–H groups in total. The van der Waals surface area contributed by atoms with Crippen LogP contribution in [0.2, 0.25) is 0 Å². The van der Waals surface area contributed by atoms with Crippen LogP contribution in [-0.4, -0.2) is 41.4 Å². The first-order valence-corrected chi connectivity index (χ1v) is 8.40. The minimum atomic E-state index is -0.446. The number of amides is 1. The van der Waals surface area contributed by atoms with Crippen LogP contribution >= 0.6 is 0 Å². The number of rotatable bonds is 6. The monoisotopic (exact) mass is 331 g/mol. The van der Waals surface area contributed by atoms with Crippen molar-refractivity contribution in [2.45, 2.75) is 32.7 Å². The van der Waals surface area contributed by atoms with Crippen LogP contribution in [0.25, 0.3) is 6.08 Å². The average molecular weight is 331 g/mol. The molecule has 1 aromatic rings. The van der Waals surface area contributed by atoms with Crippen molar-refractivity contribution in [3.8, 4) is 0 Å². The number of likely N-dealkylation sites (tertiary alicyclic amines) is 1. The van der Waals surface area contributed by atoms with Crippen molar-refractivity contribution in [1.29, 1.82) is 0 Å². The predicted octanol–water partition coefficient (Wildman–Crippen LogP) is 2.84. The summed E-state index contributed by atoms with van der Waals surface area (Å²) in [5.41, 5.74) is 0.655. The van der Waals surface area contributed by atoms with Gasteiger partial charge in [0, 0.05) is 37.3 Å². The fourth-order valence-corrected chi connectivity index (χ4v) is 2.98. The Morgan fingerprint density at radius 2 is 2.33 bits per heavy atom. The summed E-state index contributed by atoms with van der Waals surface area (Å²) in [6.07, 6.45) is 5.51. The number of nitrogens with one attached hydrogen (secondary N) is 1. The highest BCUT2D eigenvalue weighted by molar-refractivity contribution is 5.91. The van der Waals surface area contributed by atoms with Gasteiger partial charge in [0.25, 0.3) is 5.69 Å². The largest absolute Gasteiger partial charge is 0.351 e. The fraction of sp³-hybridized carbons (Fsp3) is 0.500. The van der Waals surface area contributed by atoms with E-state index in [1.807, 2.05) is 0 Å². The number of carbonyl (C=O) groups is 1. The van der Waals surface area contributed by atoms with E-state index in [1.165, 1.54) is 31.1 Å². The topological polar surface area (TPSA) is 75.5 Å². The van der Waals surface area contributed by atoms with E-state index < -0.39 is 4.92 Å². The van der Waals surface area contributed by atoms with Crippen LogP contribution in [0.5, 0.6) is 0 Å². The van der Waals surface area contributed by atoms with Gasteiger partial charge in [0.15, 0.2) is 0 Å². The molecule has 1 aliphatic heterocycles. The van der Waals surface area contributed by atoms with Crippen LogP contribution in [0, 0.1) is 16.0 Å². The first kappa shape index (κ1) is 18.1. The maximum Gasteiger partial charge on any atom is 0.270 e. The highest BCUT2D eigenvalue weighted by atomic mass is 16.6. The molecular weight excluding hydrogens is 306 g/mol. The summed E-state index contributed by atoms with van der Waals surface area (Å²) >= 11 is 0.